The summed E-state index contributed by atoms with van der Waals surface area (Å²) >= 11 is 0. The highest BCUT2D eigenvalue weighted by molar-refractivity contribution is 5.81. The minimum Gasteiger partial charge on any atom is -0.481 e. The zero-order valence-electron chi connectivity index (χ0n) is 19.8. The van der Waals surface area contributed by atoms with Crippen molar-refractivity contribution in [3.63, 3.8) is 0 Å². The van der Waals surface area contributed by atoms with Gasteiger partial charge in [0.05, 0.1) is 6.54 Å². The molecule has 11 nitrogen and oxygen atoms in total. The van der Waals surface area contributed by atoms with Crippen LogP contribution in [0.15, 0.2) is 0 Å². The molecule has 0 radical (unpaired) electrons. The summed E-state index contributed by atoms with van der Waals surface area (Å²) in [4.78, 5) is 53.4. The van der Waals surface area contributed by atoms with Crippen LogP contribution in [0.25, 0.3) is 0 Å². The number of aliphatic carboxylic acids is 1. The van der Waals surface area contributed by atoms with Crippen molar-refractivity contribution in [3.05, 3.63) is 0 Å². The van der Waals surface area contributed by atoms with Gasteiger partial charge in [-0.2, -0.15) is 0 Å². The molecule has 0 aromatic carbocycles. The van der Waals surface area contributed by atoms with E-state index in [0.717, 1.165) is 52.1 Å². The molecule has 2 heterocycles. The number of rotatable bonds is 14. The molecule has 2 saturated heterocycles. The molecule has 3 amide bonds. The summed E-state index contributed by atoms with van der Waals surface area (Å²) in [5.41, 5.74) is 0. The first-order chi connectivity index (χ1) is 15.8. The van der Waals surface area contributed by atoms with Crippen molar-refractivity contribution in [1.29, 1.82) is 0 Å². The van der Waals surface area contributed by atoms with Gasteiger partial charge in [-0.1, -0.05) is 0 Å². The molecule has 188 valence electrons. The van der Waals surface area contributed by atoms with Crippen LogP contribution in [0.2, 0.25) is 0 Å². The van der Waals surface area contributed by atoms with Gasteiger partial charge in [-0.3, -0.25) is 29.0 Å². The Bertz CT molecular complexity index is 653. The molecule has 0 aliphatic carbocycles. The predicted octanol–water partition coefficient (Wildman–Crippen LogP) is -1.31. The van der Waals surface area contributed by atoms with E-state index < -0.39 is 5.97 Å². The van der Waals surface area contributed by atoms with Gasteiger partial charge in [0.25, 0.3) is 0 Å². The van der Waals surface area contributed by atoms with Gasteiger partial charge in [-0.05, 0) is 32.9 Å². The van der Waals surface area contributed by atoms with E-state index in [0.29, 0.717) is 25.6 Å². The third-order valence-electron chi connectivity index (χ3n) is 6.15. The van der Waals surface area contributed by atoms with Crippen LogP contribution in [0.4, 0.5) is 0 Å². The maximum absolute atomic E-state index is 12.3. The lowest BCUT2D eigenvalue weighted by Gasteiger charge is -2.36. The van der Waals surface area contributed by atoms with Crippen molar-refractivity contribution in [2.24, 2.45) is 0 Å². The minimum absolute atomic E-state index is 0.0113. The van der Waals surface area contributed by atoms with Crippen molar-refractivity contribution in [2.45, 2.75) is 44.6 Å². The van der Waals surface area contributed by atoms with Crippen molar-refractivity contribution in [2.75, 3.05) is 72.5 Å². The first kappa shape index (κ1) is 27.0. The summed E-state index contributed by atoms with van der Waals surface area (Å²) < 4.78 is 0. The predicted molar refractivity (Wildman–Crippen MR) is 124 cm³/mol. The third kappa shape index (κ3) is 11.4. The average Bonchev–Trinajstić information content (AvgIpc) is 3.19. The van der Waals surface area contributed by atoms with Crippen LogP contribution < -0.4 is 16.0 Å². The average molecular weight is 483 g/mol. The number of piperazine rings is 1. The van der Waals surface area contributed by atoms with Crippen molar-refractivity contribution < 1.29 is 24.3 Å². The molecular weight excluding hydrogens is 443 g/mol. The summed E-state index contributed by atoms with van der Waals surface area (Å²) in [6.45, 7) is 7.42. The molecule has 2 rings (SSSR count). The number of carbonyl (C=O) groups excluding carboxylic acids is 3. The van der Waals surface area contributed by atoms with E-state index in [9.17, 15) is 19.2 Å². The normalized spacial score (nSPS) is 19.8. The molecule has 0 bridgehead atoms. The van der Waals surface area contributed by atoms with Gasteiger partial charge in [-0.15, -0.1) is 0 Å². The van der Waals surface area contributed by atoms with Gasteiger partial charge in [0.2, 0.25) is 17.7 Å². The number of hydrogen-bond donors (Lipinski definition) is 4. The van der Waals surface area contributed by atoms with Crippen molar-refractivity contribution in [3.8, 4) is 0 Å². The lowest BCUT2D eigenvalue weighted by molar-refractivity contribution is -0.137. The fourth-order valence-corrected chi connectivity index (χ4v) is 4.15. The van der Waals surface area contributed by atoms with Crippen LogP contribution in [0, 0.1) is 0 Å². The number of likely N-dealkylation sites (N-methyl/N-ethyl adjacent to an activating group) is 1. The monoisotopic (exact) mass is 483 g/mol. The van der Waals surface area contributed by atoms with Crippen molar-refractivity contribution in [1.82, 2.24) is 30.7 Å². The van der Waals surface area contributed by atoms with E-state index in [1.807, 2.05) is 0 Å². The molecule has 1 atom stereocenters. The van der Waals surface area contributed by atoms with Crippen LogP contribution in [0.3, 0.4) is 0 Å². The van der Waals surface area contributed by atoms with Crippen LogP contribution in [-0.2, 0) is 19.2 Å². The lowest BCUT2D eigenvalue weighted by Crippen LogP contribution is -2.50. The van der Waals surface area contributed by atoms with Gasteiger partial charge < -0.3 is 26.0 Å². The largest absolute Gasteiger partial charge is 0.481 e. The molecule has 2 fully saturated rings. The molecule has 0 aromatic heterocycles. The summed E-state index contributed by atoms with van der Waals surface area (Å²) in [6.07, 6.45) is 2.92. The highest BCUT2D eigenvalue weighted by atomic mass is 16.4. The Morgan fingerprint density at radius 3 is 2.06 bits per heavy atom. The Kier molecular flexibility index (Phi) is 12.1. The second kappa shape index (κ2) is 14.8. The first-order valence-electron chi connectivity index (χ1n) is 12.0. The second-order valence-corrected chi connectivity index (χ2v) is 8.92. The van der Waals surface area contributed by atoms with E-state index in [1.54, 1.807) is 0 Å². The molecule has 4 N–H and O–H groups in total. The van der Waals surface area contributed by atoms with E-state index in [-0.39, 0.29) is 50.1 Å². The number of likely N-dealkylation sites (tertiary alicyclic amines) is 1. The van der Waals surface area contributed by atoms with Gasteiger partial charge in [0.15, 0.2) is 0 Å². The third-order valence-corrected chi connectivity index (χ3v) is 6.15. The molecule has 0 aromatic rings. The van der Waals surface area contributed by atoms with E-state index in [2.05, 4.69) is 37.7 Å². The highest BCUT2D eigenvalue weighted by Gasteiger charge is 2.28. The molecular formula is C22H40N6O5. The minimum atomic E-state index is -0.894. The molecule has 0 spiro atoms. The van der Waals surface area contributed by atoms with Crippen LogP contribution in [-0.4, -0.2) is 122 Å². The van der Waals surface area contributed by atoms with Gasteiger partial charge >= 0.3 is 5.97 Å². The van der Waals surface area contributed by atoms with E-state index in [1.165, 1.54) is 0 Å². The van der Waals surface area contributed by atoms with Gasteiger partial charge in [0, 0.05) is 77.7 Å². The smallest absolute Gasteiger partial charge is 0.303 e. The number of amides is 3. The number of nitrogens with zero attached hydrogens (tertiary/aromatic N) is 3. The molecule has 0 saturated carbocycles. The molecule has 11 heteroatoms. The Balaban J connectivity index is 1.52. The summed E-state index contributed by atoms with van der Waals surface area (Å²) in [5.74, 6) is -1.41. The van der Waals surface area contributed by atoms with Crippen LogP contribution in [0.1, 0.15) is 38.5 Å². The van der Waals surface area contributed by atoms with Gasteiger partial charge in [0.1, 0.15) is 0 Å². The first-order valence-corrected chi connectivity index (χ1v) is 12.0. The quantitative estimate of drug-likeness (QED) is 0.136. The highest BCUT2D eigenvalue weighted by Crippen LogP contribution is 2.18. The summed E-state index contributed by atoms with van der Waals surface area (Å²) in [7, 11) is 2.15. The van der Waals surface area contributed by atoms with Crippen molar-refractivity contribution >= 4 is 23.7 Å². The number of carboxylic acid groups (broad SMARTS) is 1. The van der Waals surface area contributed by atoms with Gasteiger partial charge in [-0.25, -0.2) is 0 Å². The Labute approximate surface area is 196 Å². The topological polar surface area (TPSA) is 134 Å². The summed E-state index contributed by atoms with van der Waals surface area (Å²) in [6, 6.07) is 0.415. The number of nitrogens with one attached hydrogen (secondary N) is 3. The molecule has 33 heavy (non-hydrogen) atoms. The number of carbonyl (C=O) groups is 4. The summed E-state index contributed by atoms with van der Waals surface area (Å²) in [5, 5.41) is 16.6. The SMILES string of the molecule is [13CH3][15N]1CC[15N]([13CH2]C2CCC[15N]2CC(=O)N[13CH2][13CH2][13C](=O)[15NH][13CH2][13CH2][13C](=O)NCC[13CH2]C(=O)O)[13CH2][13CH2]1. The fraction of sp³-hybridized carbons (Fsp3) is 0.818. The molecule has 2 aliphatic rings. The molecule has 1 unspecified atom stereocenters. The molecule has 2 aliphatic heterocycles. The lowest BCUT2D eigenvalue weighted by atomic mass is 10.3. The zero-order valence-corrected chi connectivity index (χ0v) is 19.8. The number of hydrogen-bond acceptors (Lipinski definition) is 7. The number of carboxylic acids is 1. The Morgan fingerprint density at radius 2 is 1.42 bits per heavy atom. The Hall–Kier alpha value is -2.24. The van der Waals surface area contributed by atoms with Crippen LogP contribution in [0.5, 0.6) is 0 Å². The van der Waals surface area contributed by atoms with E-state index >= 15 is 0 Å². The Morgan fingerprint density at radius 1 is 0.818 bits per heavy atom. The second-order valence-electron chi connectivity index (χ2n) is 8.92. The standard InChI is InChI=1S/C22H40N6O5/c1-26-12-14-27(15-13-26)16-18-4-3-11-28(18)17-21(31)25-10-7-20(30)24-9-6-19(29)23-8-2-5-22(32)33/h18H,2-17H2,1H3,(H,23,29)(H,24,30)(H,25,31)(H,32,33)/i1+1,5+1,6+1,7+1,9+1,10+1,12+1,14+1,16+1,19+1,20+1,24+1,26+1,27+1,28+1. The van der Waals surface area contributed by atoms with E-state index in [4.69, 9.17) is 5.11 Å². The zero-order chi connectivity index (χ0) is 24.1. The maximum Gasteiger partial charge on any atom is 0.303 e. The maximum atomic E-state index is 12.3. The fourth-order valence-electron chi connectivity index (χ4n) is 4.15. The van der Waals surface area contributed by atoms with Crippen LogP contribution >= 0.6 is 0 Å².